The Morgan fingerprint density at radius 1 is 1.27 bits per heavy atom. The van der Waals surface area contributed by atoms with Gasteiger partial charge in [-0.1, -0.05) is 6.42 Å². The Kier molecular flexibility index (Phi) is 3.02. The molecule has 3 heteroatoms. The van der Waals surface area contributed by atoms with Gasteiger partial charge in [0.25, 0.3) is 0 Å². The number of nitrogens with one attached hydrogen (secondary N) is 1. The van der Waals surface area contributed by atoms with E-state index in [0.29, 0.717) is 5.56 Å². The molecule has 1 aromatic carbocycles. The molecule has 80 valence electrons. The first kappa shape index (κ1) is 10.2. The van der Waals surface area contributed by atoms with Gasteiger partial charge in [-0.25, -0.2) is 0 Å². The van der Waals surface area contributed by atoms with Gasteiger partial charge < -0.3 is 10.4 Å². The van der Waals surface area contributed by atoms with Crippen molar-refractivity contribution >= 4 is 5.78 Å². The zero-order chi connectivity index (χ0) is 10.7. The third-order valence-electron chi connectivity index (χ3n) is 2.78. The minimum atomic E-state index is -0.0386. The van der Waals surface area contributed by atoms with Crippen LogP contribution >= 0.6 is 0 Å². The number of aromatic hydroxyl groups is 1. The van der Waals surface area contributed by atoms with Crippen LogP contribution in [0.15, 0.2) is 24.3 Å². The summed E-state index contributed by atoms with van der Waals surface area (Å²) in [6, 6.07) is 6.41. The Labute approximate surface area is 89.1 Å². The highest BCUT2D eigenvalue weighted by molar-refractivity contribution is 6.00. The van der Waals surface area contributed by atoms with Gasteiger partial charge >= 0.3 is 0 Å². The molecule has 0 spiro atoms. The first-order chi connectivity index (χ1) is 7.27. The summed E-state index contributed by atoms with van der Waals surface area (Å²) in [5.74, 6) is 0.331. The monoisotopic (exact) mass is 205 g/mol. The van der Waals surface area contributed by atoms with Gasteiger partial charge in [-0.3, -0.25) is 4.79 Å². The van der Waals surface area contributed by atoms with Crippen LogP contribution in [0.1, 0.15) is 29.6 Å². The number of hydrogen-bond acceptors (Lipinski definition) is 3. The second kappa shape index (κ2) is 4.45. The van der Waals surface area contributed by atoms with E-state index in [9.17, 15) is 4.79 Å². The molecule has 0 amide bonds. The number of Topliss-reactive ketones (excluding diaryl/α,β-unsaturated/α-hetero) is 1. The summed E-state index contributed by atoms with van der Waals surface area (Å²) in [5, 5.41) is 12.3. The fourth-order valence-electron chi connectivity index (χ4n) is 1.90. The fraction of sp³-hybridized carbons (Fsp3) is 0.417. The molecule has 1 unspecified atom stereocenters. The van der Waals surface area contributed by atoms with Gasteiger partial charge in [0.2, 0.25) is 0 Å². The van der Waals surface area contributed by atoms with Crippen LogP contribution in [-0.2, 0) is 0 Å². The second-order valence-electron chi connectivity index (χ2n) is 3.91. The molecule has 1 heterocycles. The maximum absolute atomic E-state index is 12.0. The van der Waals surface area contributed by atoms with Gasteiger partial charge in [0.05, 0.1) is 6.04 Å². The standard InChI is InChI=1S/C12H15NO2/c14-10-6-4-9(5-7-10)12(15)11-3-1-2-8-13-11/h4-7,11,13-14H,1-3,8H2. The van der Waals surface area contributed by atoms with Crippen molar-refractivity contribution in [2.45, 2.75) is 25.3 Å². The van der Waals surface area contributed by atoms with Crippen molar-refractivity contribution in [1.29, 1.82) is 0 Å². The van der Waals surface area contributed by atoms with Crippen molar-refractivity contribution in [1.82, 2.24) is 5.32 Å². The van der Waals surface area contributed by atoms with Crippen molar-refractivity contribution in [2.75, 3.05) is 6.54 Å². The lowest BCUT2D eigenvalue weighted by Crippen LogP contribution is -2.40. The third kappa shape index (κ3) is 2.36. The minimum absolute atomic E-state index is 0.0386. The van der Waals surface area contributed by atoms with Crippen molar-refractivity contribution in [3.8, 4) is 5.75 Å². The summed E-state index contributed by atoms with van der Waals surface area (Å²) in [6.45, 7) is 0.925. The number of phenols is 1. The highest BCUT2D eigenvalue weighted by atomic mass is 16.3. The van der Waals surface area contributed by atoms with E-state index in [1.807, 2.05) is 0 Å². The van der Waals surface area contributed by atoms with Crippen molar-refractivity contribution < 1.29 is 9.90 Å². The number of benzene rings is 1. The first-order valence-electron chi connectivity index (χ1n) is 5.34. The Morgan fingerprint density at radius 3 is 2.60 bits per heavy atom. The average molecular weight is 205 g/mol. The highest BCUT2D eigenvalue weighted by Gasteiger charge is 2.21. The van der Waals surface area contributed by atoms with Crippen LogP contribution in [0.2, 0.25) is 0 Å². The second-order valence-corrected chi connectivity index (χ2v) is 3.91. The van der Waals surface area contributed by atoms with E-state index in [2.05, 4.69) is 5.32 Å². The summed E-state index contributed by atoms with van der Waals surface area (Å²) in [5.41, 5.74) is 0.673. The summed E-state index contributed by atoms with van der Waals surface area (Å²) in [7, 11) is 0. The zero-order valence-electron chi connectivity index (χ0n) is 8.57. The van der Waals surface area contributed by atoms with E-state index in [-0.39, 0.29) is 17.6 Å². The molecule has 1 saturated heterocycles. The highest BCUT2D eigenvalue weighted by Crippen LogP contribution is 2.15. The predicted molar refractivity (Wildman–Crippen MR) is 58.1 cm³/mol. The molecule has 0 radical (unpaired) electrons. The van der Waals surface area contributed by atoms with Gasteiger partial charge in [-0.05, 0) is 43.7 Å². The summed E-state index contributed by atoms with van der Waals surface area (Å²) < 4.78 is 0. The van der Waals surface area contributed by atoms with Crippen LogP contribution in [0.5, 0.6) is 5.75 Å². The Balaban J connectivity index is 2.09. The Hall–Kier alpha value is -1.35. The molecule has 15 heavy (non-hydrogen) atoms. The quantitative estimate of drug-likeness (QED) is 0.723. The van der Waals surface area contributed by atoms with Crippen LogP contribution in [0.3, 0.4) is 0 Å². The lowest BCUT2D eigenvalue weighted by atomic mass is 9.96. The molecule has 0 bridgehead atoms. The van der Waals surface area contributed by atoms with Gasteiger partial charge in [0.15, 0.2) is 5.78 Å². The maximum atomic E-state index is 12.0. The van der Waals surface area contributed by atoms with Crippen LogP contribution in [0, 0.1) is 0 Å². The van der Waals surface area contributed by atoms with Crippen molar-refractivity contribution in [2.24, 2.45) is 0 Å². The molecular formula is C12H15NO2. The van der Waals surface area contributed by atoms with Gasteiger partial charge in [-0.15, -0.1) is 0 Å². The van der Waals surface area contributed by atoms with Gasteiger partial charge in [0.1, 0.15) is 5.75 Å². The predicted octanol–water partition coefficient (Wildman–Crippen LogP) is 1.72. The van der Waals surface area contributed by atoms with Gasteiger partial charge in [0, 0.05) is 5.56 Å². The van der Waals surface area contributed by atoms with Crippen LogP contribution in [-0.4, -0.2) is 23.5 Å². The fourth-order valence-corrected chi connectivity index (χ4v) is 1.90. The Bertz CT molecular complexity index is 339. The molecule has 1 aliphatic heterocycles. The molecule has 1 atom stereocenters. The molecule has 2 N–H and O–H groups in total. The molecule has 3 nitrogen and oxygen atoms in total. The largest absolute Gasteiger partial charge is 0.508 e. The average Bonchev–Trinajstić information content (AvgIpc) is 2.30. The summed E-state index contributed by atoms with van der Waals surface area (Å²) >= 11 is 0. The lowest BCUT2D eigenvalue weighted by molar-refractivity contribution is 0.0927. The van der Waals surface area contributed by atoms with E-state index in [1.54, 1.807) is 24.3 Å². The molecule has 0 saturated carbocycles. The van der Waals surface area contributed by atoms with Crippen LogP contribution < -0.4 is 5.32 Å². The van der Waals surface area contributed by atoms with E-state index in [4.69, 9.17) is 5.11 Å². The smallest absolute Gasteiger partial charge is 0.179 e. The molecular weight excluding hydrogens is 190 g/mol. The molecule has 1 aromatic rings. The van der Waals surface area contributed by atoms with E-state index in [1.165, 1.54) is 0 Å². The van der Waals surface area contributed by atoms with Crippen LogP contribution in [0.4, 0.5) is 0 Å². The van der Waals surface area contributed by atoms with Crippen LogP contribution in [0.25, 0.3) is 0 Å². The number of hydrogen-bond donors (Lipinski definition) is 2. The zero-order valence-corrected chi connectivity index (χ0v) is 8.57. The number of carbonyl (C=O) groups excluding carboxylic acids is 1. The lowest BCUT2D eigenvalue weighted by Gasteiger charge is -2.22. The SMILES string of the molecule is O=C(c1ccc(O)cc1)C1CCCCN1. The molecule has 2 rings (SSSR count). The van der Waals surface area contributed by atoms with Crippen molar-refractivity contribution in [3.63, 3.8) is 0 Å². The number of phenolic OH excluding ortho intramolecular Hbond substituents is 1. The van der Waals surface area contributed by atoms with Crippen molar-refractivity contribution in [3.05, 3.63) is 29.8 Å². The van der Waals surface area contributed by atoms with E-state index < -0.39 is 0 Å². The van der Waals surface area contributed by atoms with Gasteiger partial charge in [-0.2, -0.15) is 0 Å². The summed E-state index contributed by atoms with van der Waals surface area (Å²) in [4.78, 5) is 12.0. The van der Waals surface area contributed by atoms with E-state index in [0.717, 1.165) is 25.8 Å². The summed E-state index contributed by atoms with van der Waals surface area (Å²) in [6.07, 6.45) is 3.18. The number of rotatable bonds is 2. The Morgan fingerprint density at radius 2 is 2.00 bits per heavy atom. The molecule has 1 aliphatic rings. The molecule has 1 fully saturated rings. The third-order valence-corrected chi connectivity index (χ3v) is 2.78. The molecule has 0 aromatic heterocycles. The topological polar surface area (TPSA) is 49.3 Å². The molecule has 0 aliphatic carbocycles. The number of piperidine rings is 1. The normalized spacial score (nSPS) is 21.2. The minimum Gasteiger partial charge on any atom is -0.508 e. The number of carbonyl (C=O) groups is 1. The van der Waals surface area contributed by atoms with E-state index >= 15 is 0 Å². The first-order valence-corrected chi connectivity index (χ1v) is 5.34. The maximum Gasteiger partial charge on any atom is 0.179 e. The number of ketones is 1.